The van der Waals surface area contributed by atoms with Crippen molar-refractivity contribution in [2.75, 3.05) is 52.7 Å². The molecule has 26 nitrogen and oxygen atoms in total. The molecular formula is C41H57N5O21. The molecule has 2 amide bonds. The van der Waals surface area contributed by atoms with Crippen LogP contribution in [0.4, 0.5) is 0 Å². The van der Waals surface area contributed by atoms with Crippen molar-refractivity contribution in [1.82, 2.24) is 10.6 Å². The third-order valence-electron chi connectivity index (χ3n) is 11.2. The standard InChI is InChI=1S/C41H57N5O21/c42-46-44-10-11-61-12-13-62-38-35(58)33(56)36(25(17-47)64-38)66-39-34(57)32(55)31(54)26(65-39)19-63-41(40(59)60)15-23(49)29(45-28(52)18-48)37(67-41)30(53)24(50)16-43-27(51)14-20-6-8-22(9-7-20)21-4-2-1-3-5-21/h1-9,23-26,29-39,47-50,53-58H,10-19H2,(H,43,51)(H,45,52)(H,59,60)/t23-,24-,25?,26?,29-,30-,31+,32+,33-,34?,35?,36-,37?,38-,39+,41-/m1/s1. The third-order valence-corrected chi connectivity index (χ3v) is 11.2. The van der Waals surface area contributed by atoms with Crippen molar-refractivity contribution in [3.8, 4) is 11.1 Å². The second kappa shape index (κ2) is 25.2. The lowest BCUT2D eigenvalue weighted by molar-refractivity contribution is -0.367. The second-order valence-electron chi connectivity index (χ2n) is 15.8. The number of nitrogens with zero attached hydrogens (tertiary/aromatic N) is 3. The lowest BCUT2D eigenvalue weighted by Gasteiger charge is -2.48. The Kier molecular flexibility index (Phi) is 20.1. The van der Waals surface area contributed by atoms with Crippen molar-refractivity contribution >= 4 is 17.8 Å². The molecule has 2 aromatic carbocycles. The molecular weight excluding hydrogens is 898 g/mol. The second-order valence-corrected chi connectivity index (χ2v) is 15.8. The maximum atomic E-state index is 12.9. The normalized spacial score (nSPS) is 32.9. The maximum absolute atomic E-state index is 12.9. The zero-order valence-electron chi connectivity index (χ0n) is 35.8. The van der Waals surface area contributed by atoms with Crippen molar-refractivity contribution in [3.05, 3.63) is 70.6 Å². The Bertz CT molecular complexity index is 1930. The van der Waals surface area contributed by atoms with Gasteiger partial charge in [0.15, 0.2) is 12.6 Å². The smallest absolute Gasteiger partial charge is 0.364 e. The van der Waals surface area contributed by atoms with Crippen LogP contribution in [-0.4, -0.2) is 224 Å². The maximum Gasteiger partial charge on any atom is 0.364 e. The molecule has 0 aromatic heterocycles. The number of rotatable bonds is 23. The number of ether oxygens (including phenoxy) is 7. The van der Waals surface area contributed by atoms with Crippen molar-refractivity contribution < 1.29 is 104 Å². The Morgan fingerprint density at radius 3 is 2.16 bits per heavy atom. The van der Waals surface area contributed by atoms with Gasteiger partial charge in [-0.2, -0.15) is 0 Å². The quantitative estimate of drug-likeness (QED) is 0.0215. The highest BCUT2D eigenvalue weighted by Gasteiger charge is 2.57. The van der Waals surface area contributed by atoms with Crippen molar-refractivity contribution in [3.63, 3.8) is 0 Å². The van der Waals surface area contributed by atoms with Crippen LogP contribution in [0.2, 0.25) is 0 Å². The number of aliphatic hydroxyl groups excluding tert-OH is 10. The number of amides is 2. The molecule has 0 bridgehead atoms. The minimum atomic E-state index is -2.97. The van der Waals surface area contributed by atoms with Crippen LogP contribution in [0.3, 0.4) is 0 Å². The van der Waals surface area contributed by atoms with Gasteiger partial charge in [0.25, 0.3) is 5.79 Å². The van der Waals surface area contributed by atoms with E-state index >= 15 is 0 Å². The zero-order chi connectivity index (χ0) is 48.8. The Labute approximate surface area is 381 Å². The molecule has 5 rings (SSSR count). The molecule has 3 aliphatic rings. The van der Waals surface area contributed by atoms with Gasteiger partial charge in [-0.3, -0.25) is 9.59 Å². The number of carbonyl (C=O) groups is 3. The molecule has 0 radical (unpaired) electrons. The number of aliphatic carboxylic acids is 1. The van der Waals surface area contributed by atoms with E-state index in [9.17, 15) is 70.6 Å². The first-order valence-electron chi connectivity index (χ1n) is 21.1. The highest BCUT2D eigenvalue weighted by Crippen LogP contribution is 2.36. The number of azide groups is 1. The number of hydrogen-bond donors (Lipinski definition) is 13. The Hall–Kier alpha value is -4.52. The molecule has 372 valence electrons. The van der Waals surface area contributed by atoms with Gasteiger partial charge in [-0.25, -0.2) is 4.79 Å². The minimum absolute atomic E-state index is 0.0389. The molecule has 16 atom stereocenters. The van der Waals surface area contributed by atoms with E-state index in [1.807, 2.05) is 42.5 Å². The third kappa shape index (κ3) is 13.8. The largest absolute Gasteiger partial charge is 0.477 e. The predicted molar refractivity (Wildman–Crippen MR) is 222 cm³/mol. The van der Waals surface area contributed by atoms with Crippen molar-refractivity contribution in [1.29, 1.82) is 0 Å². The average molecular weight is 956 g/mol. The van der Waals surface area contributed by atoms with Crippen LogP contribution >= 0.6 is 0 Å². The molecule has 26 heteroatoms. The SMILES string of the molecule is [N-]=[N+]=NCCOCCO[C@@H]1OC(CO)[C@@H](O[C@@H]2OC(CO[C@]3(C(=O)O)C[C@@H](O)[C@@H](NC(=O)CO)C([C@H](O)[C@H](O)CNC(=O)Cc4ccc(-c5ccccc5)cc4)O3)[C@H](O)[C@H](O)C2O)[C@H](O)C1O. The summed E-state index contributed by atoms with van der Waals surface area (Å²) in [5, 5.41) is 126. The number of carbonyl (C=O) groups excluding carboxylic acids is 2. The van der Waals surface area contributed by atoms with Gasteiger partial charge in [0.1, 0.15) is 67.6 Å². The van der Waals surface area contributed by atoms with Gasteiger partial charge in [0.2, 0.25) is 11.8 Å². The Morgan fingerprint density at radius 2 is 1.51 bits per heavy atom. The Balaban J connectivity index is 1.23. The van der Waals surface area contributed by atoms with Crippen molar-refractivity contribution in [2.24, 2.45) is 5.11 Å². The molecule has 3 aliphatic heterocycles. The molecule has 3 fully saturated rings. The van der Waals surface area contributed by atoms with Gasteiger partial charge in [-0.05, 0) is 22.2 Å². The van der Waals surface area contributed by atoms with Crippen LogP contribution in [-0.2, 0) is 54.0 Å². The van der Waals surface area contributed by atoms with E-state index in [-0.39, 0.29) is 32.8 Å². The van der Waals surface area contributed by atoms with Gasteiger partial charge < -0.3 is 100.0 Å². The number of nitrogens with one attached hydrogen (secondary N) is 2. The zero-order valence-corrected chi connectivity index (χ0v) is 35.8. The van der Waals surface area contributed by atoms with Crippen LogP contribution in [0.5, 0.6) is 0 Å². The van der Waals surface area contributed by atoms with Crippen LogP contribution in [0.15, 0.2) is 59.7 Å². The number of carboxylic acid groups (broad SMARTS) is 1. The summed E-state index contributed by atoms with van der Waals surface area (Å²) in [5.74, 6) is -6.58. The first-order valence-corrected chi connectivity index (χ1v) is 21.1. The number of hydrogen-bond acceptors (Lipinski definition) is 21. The van der Waals surface area contributed by atoms with Gasteiger partial charge in [0.05, 0.1) is 57.7 Å². The first-order chi connectivity index (χ1) is 32.0. The topological polar surface area (TPSA) is 411 Å². The van der Waals surface area contributed by atoms with Crippen LogP contribution < -0.4 is 10.6 Å². The van der Waals surface area contributed by atoms with Gasteiger partial charge in [0, 0.05) is 24.4 Å². The molecule has 0 saturated carbocycles. The predicted octanol–water partition coefficient (Wildman–Crippen LogP) is -4.87. The summed E-state index contributed by atoms with van der Waals surface area (Å²) < 4.78 is 38.8. The van der Waals surface area contributed by atoms with E-state index in [0.717, 1.165) is 11.1 Å². The molecule has 67 heavy (non-hydrogen) atoms. The van der Waals surface area contributed by atoms with Gasteiger partial charge in [-0.1, -0.05) is 59.7 Å². The lowest BCUT2D eigenvalue weighted by atomic mass is 9.88. The molecule has 13 N–H and O–H groups in total. The van der Waals surface area contributed by atoms with Gasteiger partial charge in [-0.15, -0.1) is 0 Å². The summed E-state index contributed by atoms with van der Waals surface area (Å²) in [4.78, 5) is 40.6. The molecule has 0 spiro atoms. The summed E-state index contributed by atoms with van der Waals surface area (Å²) in [7, 11) is 0. The summed E-state index contributed by atoms with van der Waals surface area (Å²) in [6.45, 7) is -3.74. The minimum Gasteiger partial charge on any atom is -0.477 e. The number of carboxylic acids is 1. The highest BCUT2D eigenvalue weighted by atomic mass is 16.8. The summed E-state index contributed by atoms with van der Waals surface area (Å²) in [6.07, 6.45) is -27.7. The van der Waals surface area contributed by atoms with E-state index in [1.54, 1.807) is 12.1 Å². The Morgan fingerprint density at radius 1 is 0.836 bits per heavy atom. The van der Waals surface area contributed by atoms with Crippen LogP contribution in [0, 0.1) is 0 Å². The molecule has 0 aliphatic carbocycles. The lowest BCUT2D eigenvalue weighted by Crippen LogP contribution is -2.69. The summed E-state index contributed by atoms with van der Waals surface area (Å²) in [5.41, 5.74) is 10.8. The fourth-order valence-electron chi connectivity index (χ4n) is 7.57. The van der Waals surface area contributed by atoms with Crippen LogP contribution in [0.25, 0.3) is 21.6 Å². The summed E-state index contributed by atoms with van der Waals surface area (Å²) in [6, 6.07) is 14.9. The summed E-state index contributed by atoms with van der Waals surface area (Å²) >= 11 is 0. The van der Waals surface area contributed by atoms with E-state index < -0.39 is 148 Å². The fraction of sp³-hybridized carbons (Fsp3) is 0.634. The molecule has 3 heterocycles. The number of benzene rings is 2. The van der Waals surface area contributed by atoms with Crippen LogP contribution in [0.1, 0.15) is 12.0 Å². The van der Waals surface area contributed by atoms with Gasteiger partial charge >= 0.3 is 5.97 Å². The first kappa shape index (κ1) is 53.4. The number of aliphatic hydroxyl groups is 10. The molecule has 2 aromatic rings. The molecule has 3 saturated heterocycles. The van der Waals surface area contributed by atoms with Crippen molar-refractivity contribution in [2.45, 2.75) is 110 Å². The highest BCUT2D eigenvalue weighted by molar-refractivity contribution is 5.79. The van der Waals surface area contributed by atoms with E-state index in [1.165, 1.54) is 0 Å². The monoisotopic (exact) mass is 955 g/mol. The average Bonchev–Trinajstić information content (AvgIpc) is 3.32. The molecule has 5 unspecified atom stereocenters. The fourth-order valence-corrected chi connectivity index (χ4v) is 7.57. The van der Waals surface area contributed by atoms with E-state index in [0.29, 0.717) is 5.56 Å². The van der Waals surface area contributed by atoms with E-state index in [4.69, 9.17) is 38.7 Å². The van der Waals surface area contributed by atoms with E-state index in [2.05, 4.69) is 20.7 Å².